The lowest BCUT2D eigenvalue weighted by Gasteiger charge is -2.10. The fraction of sp³-hybridized carbons (Fsp3) is 0.125. The number of phenols is 1. The molecule has 0 atom stereocenters. The van der Waals surface area contributed by atoms with Gasteiger partial charge in [-0.3, -0.25) is 4.79 Å². The van der Waals surface area contributed by atoms with Crippen LogP contribution >= 0.6 is 11.6 Å². The number of hydrogen-bond acceptors (Lipinski definition) is 3. The van der Waals surface area contributed by atoms with Crippen molar-refractivity contribution in [3.8, 4) is 11.5 Å². The van der Waals surface area contributed by atoms with Gasteiger partial charge in [0.1, 0.15) is 5.75 Å². The zero-order chi connectivity index (χ0) is 9.30. The van der Waals surface area contributed by atoms with E-state index < -0.39 is 5.75 Å². The van der Waals surface area contributed by atoms with E-state index in [-0.39, 0.29) is 22.1 Å². The third-order valence-corrected chi connectivity index (χ3v) is 1.72. The first-order chi connectivity index (χ1) is 5.52. The molecule has 1 aromatic rings. The van der Waals surface area contributed by atoms with Gasteiger partial charge in [-0.05, 0) is 19.1 Å². The van der Waals surface area contributed by atoms with E-state index in [0.29, 0.717) is 0 Å². The van der Waals surface area contributed by atoms with E-state index in [1.165, 1.54) is 13.0 Å². The Morgan fingerprint density at radius 3 is 2.67 bits per heavy atom. The van der Waals surface area contributed by atoms with Gasteiger partial charge in [0.05, 0.1) is 5.56 Å². The number of carbonyl (C=O) groups excluding carboxylic acids is 1. The van der Waals surface area contributed by atoms with Crippen LogP contribution in [0.1, 0.15) is 17.3 Å². The molecular weight excluding hydrogens is 180 g/mol. The fourth-order valence-corrected chi connectivity index (χ4v) is 0.988. The number of rotatable bonds is 1. The van der Waals surface area contributed by atoms with Crippen LogP contribution in [0.4, 0.5) is 0 Å². The average Bonchev–Trinajstić information content (AvgIpc) is 1.96. The maximum absolute atomic E-state index is 10.8. The third kappa shape index (κ3) is 1.51. The molecule has 3 nitrogen and oxygen atoms in total. The molecule has 0 saturated heterocycles. The standard InChI is InChI=1S/C8H7ClO3/c1-4(10)5-2-6(9)8(12)3-7(5)11/h2-3,11-12H,1H3/p-1. The number of ketones is 1. The van der Waals surface area contributed by atoms with Crippen LogP contribution in [0.5, 0.6) is 11.5 Å². The molecular formula is C8H6ClO3-. The second-order valence-corrected chi connectivity index (χ2v) is 2.76. The van der Waals surface area contributed by atoms with Crippen molar-refractivity contribution in [1.29, 1.82) is 0 Å². The minimum Gasteiger partial charge on any atom is -0.871 e. The van der Waals surface area contributed by atoms with Crippen molar-refractivity contribution in [3.05, 3.63) is 22.7 Å². The van der Waals surface area contributed by atoms with Crippen LogP contribution in [-0.4, -0.2) is 10.9 Å². The molecule has 0 amide bonds. The number of benzene rings is 1. The molecule has 1 rings (SSSR count). The van der Waals surface area contributed by atoms with Gasteiger partial charge in [-0.1, -0.05) is 17.4 Å². The molecule has 64 valence electrons. The molecule has 12 heavy (non-hydrogen) atoms. The van der Waals surface area contributed by atoms with Gasteiger partial charge in [0.2, 0.25) is 0 Å². The summed E-state index contributed by atoms with van der Waals surface area (Å²) >= 11 is 5.45. The topological polar surface area (TPSA) is 60.4 Å². The van der Waals surface area contributed by atoms with Crippen LogP contribution in [0.2, 0.25) is 5.02 Å². The van der Waals surface area contributed by atoms with Crippen LogP contribution in [0.15, 0.2) is 12.1 Å². The van der Waals surface area contributed by atoms with Crippen LogP contribution in [-0.2, 0) is 0 Å². The van der Waals surface area contributed by atoms with Gasteiger partial charge in [-0.2, -0.15) is 0 Å². The minimum atomic E-state index is -0.487. The average molecular weight is 186 g/mol. The highest BCUT2D eigenvalue weighted by Gasteiger charge is 2.06. The van der Waals surface area contributed by atoms with Gasteiger partial charge >= 0.3 is 0 Å². The van der Waals surface area contributed by atoms with E-state index in [0.717, 1.165) is 6.07 Å². The molecule has 0 saturated carbocycles. The molecule has 0 radical (unpaired) electrons. The summed E-state index contributed by atoms with van der Waals surface area (Å²) in [6, 6.07) is 2.10. The monoisotopic (exact) mass is 185 g/mol. The smallest absolute Gasteiger partial charge is 0.163 e. The third-order valence-electron chi connectivity index (χ3n) is 1.43. The van der Waals surface area contributed by atoms with Gasteiger partial charge in [0, 0.05) is 5.02 Å². The highest BCUT2D eigenvalue weighted by Crippen LogP contribution is 2.29. The maximum Gasteiger partial charge on any atom is 0.163 e. The van der Waals surface area contributed by atoms with Crippen LogP contribution in [0.25, 0.3) is 0 Å². The molecule has 0 fully saturated rings. The Morgan fingerprint density at radius 2 is 2.17 bits per heavy atom. The summed E-state index contributed by atoms with van der Waals surface area (Å²) in [7, 11) is 0. The number of hydrogen-bond donors (Lipinski definition) is 1. The molecule has 0 unspecified atom stereocenters. The molecule has 0 spiro atoms. The number of phenolic OH excluding ortho intramolecular Hbond substituents is 1. The summed E-state index contributed by atoms with van der Waals surface area (Å²) in [5.41, 5.74) is 0.0691. The van der Waals surface area contributed by atoms with E-state index in [4.69, 9.17) is 16.7 Å². The summed E-state index contributed by atoms with van der Waals surface area (Å²) < 4.78 is 0. The zero-order valence-corrected chi connectivity index (χ0v) is 7.05. The Hall–Kier alpha value is -1.22. The predicted molar refractivity (Wildman–Crippen MR) is 42.6 cm³/mol. The van der Waals surface area contributed by atoms with Crippen molar-refractivity contribution in [2.24, 2.45) is 0 Å². The van der Waals surface area contributed by atoms with Crippen molar-refractivity contribution >= 4 is 17.4 Å². The lowest BCUT2D eigenvalue weighted by Crippen LogP contribution is -1.96. The summed E-state index contributed by atoms with van der Waals surface area (Å²) in [4.78, 5) is 10.8. The molecule has 0 aliphatic rings. The molecule has 4 heteroatoms. The Balaban J connectivity index is 3.33. The second kappa shape index (κ2) is 3.03. The van der Waals surface area contributed by atoms with Gasteiger partial charge in [0.25, 0.3) is 0 Å². The zero-order valence-electron chi connectivity index (χ0n) is 6.30. The van der Waals surface area contributed by atoms with Crippen LogP contribution < -0.4 is 5.11 Å². The van der Waals surface area contributed by atoms with Gasteiger partial charge < -0.3 is 10.2 Å². The molecule has 0 aliphatic carbocycles. The highest BCUT2D eigenvalue weighted by atomic mass is 35.5. The van der Waals surface area contributed by atoms with Crippen LogP contribution in [0, 0.1) is 0 Å². The van der Waals surface area contributed by atoms with Crippen molar-refractivity contribution in [3.63, 3.8) is 0 Å². The second-order valence-electron chi connectivity index (χ2n) is 2.36. The van der Waals surface area contributed by atoms with E-state index in [1.54, 1.807) is 0 Å². The largest absolute Gasteiger partial charge is 0.871 e. The number of halogens is 1. The fourth-order valence-electron chi connectivity index (χ4n) is 0.825. The number of aromatic hydroxyl groups is 1. The summed E-state index contributed by atoms with van der Waals surface area (Å²) in [5.74, 6) is -1.13. The number of carbonyl (C=O) groups is 1. The molecule has 0 heterocycles. The molecule has 0 aromatic heterocycles. The Morgan fingerprint density at radius 1 is 1.58 bits per heavy atom. The predicted octanol–water partition coefficient (Wildman–Crippen LogP) is 1.32. The van der Waals surface area contributed by atoms with Crippen molar-refractivity contribution < 1.29 is 15.0 Å². The van der Waals surface area contributed by atoms with Crippen molar-refractivity contribution in [2.45, 2.75) is 6.92 Å². The first kappa shape index (κ1) is 8.87. The Bertz CT molecular complexity index is 333. The van der Waals surface area contributed by atoms with E-state index in [9.17, 15) is 9.90 Å². The van der Waals surface area contributed by atoms with Gasteiger partial charge in [-0.25, -0.2) is 0 Å². The molecule has 0 bridgehead atoms. The number of Topliss-reactive ketones (excluding diaryl/α,β-unsaturated/α-hetero) is 1. The Labute approximate surface area is 74.2 Å². The first-order valence-electron chi connectivity index (χ1n) is 3.23. The van der Waals surface area contributed by atoms with E-state index >= 15 is 0 Å². The summed E-state index contributed by atoms with van der Waals surface area (Å²) in [5, 5.41) is 19.9. The van der Waals surface area contributed by atoms with E-state index in [1.807, 2.05) is 0 Å². The molecule has 1 aromatic carbocycles. The van der Waals surface area contributed by atoms with Crippen LogP contribution in [0.3, 0.4) is 0 Å². The Kier molecular flexibility index (Phi) is 2.24. The summed E-state index contributed by atoms with van der Waals surface area (Å²) in [6.07, 6.45) is 0. The minimum absolute atomic E-state index is 0.0574. The highest BCUT2D eigenvalue weighted by molar-refractivity contribution is 6.32. The lowest BCUT2D eigenvalue weighted by molar-refractivity contribution is -0.268. The lowest BCUT2D eigenvalue weighted by atomic mass is 10.1. The van der Waals surface area contributed by atoms with E-state index in [2.05, 4.69) is 0 Å². The van der Waals surface area contributed by atoms with Gasteiger partial charge in [0.15, 0.2) is 5.78 Å². The van der Waals surface area contributed by atoms with Crippen molar-refractivity contribution in [2.75, 3.05) is 0 Å². The van der Waals surface area contributed by atoms with Crippen molar-refractivity contribution in [1.82, 2.24) is 0 Å². The summed E-state index contributed by atoms with van der Waals surface area (Å²) in [6.45, 7) is 1.29. The van der Waals surface area contributed by atoms with Gasteiger partial charge in [-0.15, -0.1) is 0 Å². The molecule has 0 aliphatic heterocycles. The first-order valence-corrected chi connectivity index (χ1v) is 3.60. The normalized spacial score (nSPS) is 9.83. The quantitative estimate of drug-likeness (QED) is 0.672. The maximum atomic E-state index is 10.8. The molecule has 1 N–H and O–H groups in total. The SMILES string of the molecule is CC(=O)c1cc(Cl)c([O-])cc1O.